The first-order valence-corrected chi connectivity index (χ1v) is 6.19. The van der Waals surface area contributed by atoms with Crippen LogP contribution in [0.3, 0.4) is 0 Å². The zero-order valence-electron chi connectivity index (χ0n) is 11.8. The zero-order chi connectivity index (χ0) is 15.3. The molecular formula is C14H19FN2O3. The Labute approximate surface area is 117 Å². The number of ether oxygens (including phenoxy) is 1. The number of carbonyl (C=O) groups is 2. The van der Waals surface area contributed by atoms with Crippen molar-refractivity contribution < 1.29 is 18.7 Å². The number of esters is 1. The number of carbonyl (C=O) groups excluding carboxylic acids is 2. The predicted molar refractivity (Wildman–Crippen MR) is 73.9 cm³/mol. The van der Waals surface area contributed by atoms with Crippen molar-refractivity contribution in [3.63, 3.8) is 0 Å². The summed E-state index contributed by atoms with van der Waals surface area (Å²) in [6.07, 6.45) is 0.655. The van der Waals surface area contributed by atoms with E-state index in [2.05, 4.69) is 10.1 Å². The van der Waals surface area contributed by atoms with Crippen molar-refractivity contribution in [1.82, 2.24) is 0 Å². The van der Waals surface area contributed by atoms with Gasteiger partial charge in [0.1, 0.15) is 5.82 Å². The molecule has 0 aromatic heterocycles. The van der Waals surface area contributed by atoms with Gasteiger partial charge < -0.3 is 15.8 Å². The third kappa shape index (κ3) is 4.97. The van der Waals surface area contributed by atoms with Gasteiger partial charge in [-0.2, -0.15) is 0 Å². The molecule has 0 aliphatic heterocycles. The predicted octanol–water partition coefficient (Wildman–Crippen LogP) is 2.07. The summed E-state index contributed by atoms with van der Waals surface area (Å²) >= 11 is 0. The highest BCUT2D eigenvalue weighted by Gasteiger charge is 2.17. The van der Waals surface area contributed by atoms with E-state index in [0.717, 1.165) is 12.1 Å². The van der Waals surface area contributed by atoms with E-state index in [0.29, 0.717) is 6.42 Å². The summed E-state index contributed by atoms with van der Waals surface area (Å²) in [4.78, 5) is 23.3. The van der Waals surface area contributed by atoms with Crippen molar-refractivity contribution in [2.45, 2.75) is 32.2 Å². The highest BCUT2D eigenvalue weighted by molar-refractivity contribution is 6.01. The second-order valence-corrected chi connectivity index (χ2v) is 5.22. The molecule has 5 nitrogen and oxygen atoms in total. The van der Waals surface area contributed by atoms with Crippen LogP contribution in [0.5, 0.6) is 0 Å². The minimum atomic E-state index is -0.639. The number of hydrogen-bond donors (Lipinski definition) is 2. The molecule has 1 aromatic rings. The summed E-state index contributed by atoms with van der Waals surface area (Å²) < 4.78 is 17.8. The van der Waals surface area contributed by atoms with Gasteiger partial charge in [0.2, 0.25) is 5.91 Å². The number of amides is 1. The molecule has 1 aromatic carbocycles. The number of nitrogens with one attached hydrogen (secondary N) is 1. The van der Waals surface area contributed by atoms with E-state index in [-0.39, 0.29) is 23.6 Å². The summed E-state index contributed by atoms with van der Waals surface area (Å²) in [7, 11) is 1.22. The molecule has 0 unspecified atom stereocenters. The largest absolute Gasteiger partial charge is 0.465 e. The second-order valence-electron chi connectivity index (χ2n) is 5.22. The van der Waals surface area contributed by atoms with Gasteiger partial charge >= 0.3 is 5.97 Å². The third-order valence-corrected chi connectivity index (χ3v) is 2.66. The Kier molecular flexibility index (Phi) is 5.21. The van der Waals surface area contributed by atoms with E-state index in [1.54, 1.807) is 0 Å². The lowest BCUT2D eigenvalue weighted by Gasteiger charge is -2.18. The molecule has 1 rings (SSSR count). The lowest BCUT2D eigenvalue weighted by molar-refractivity contribution is -0.116. The number of hydrogen-bond acceptors (Lipinski definition) is 4. The Balaban J connectivity index is 2.83. The number of benzene rings is 1. The monoisotopic (exact) mass is 282 g/mol. The van der Waals surface area contributed by atoms with Gasteiger partial charge in [0.25, 0.3) is 0 Å². The molecule has 0 bridgehead atoms. The highest BCUT2D eigenvalue weighted by Crippen LogP contribution is 2.19. The number of nitrogens with two attached hydrogens (primary N) is 1. The molecule has 20 heavy (non-hydrogen) atoms. The standard InChI is InChI=1S/C14H19FN2O3/c1-14(2,16)7-6-12(18)17-11-8-9(15)4-5-10(11)13(19)20-3/h4-5,8H,6-7,16H2,1-3H3,(H,17,18). The van der Waals surface area contributed by atoms with Crippen LogP contribution in [0.2, 0.25) is 0 Å². The van der Waals surface area contributed by atoms with Gasteiger partial charge in [-0.1, -0.05) is 0 Å². The van der Waals surface area contributed by atoms with Crippen LogP contribution in [0.1, 0.15) is 37.0 Å². The molecule has 0 saturated carbocycles. The Morgan fingerprint density at radius 2 is 2.05 bits per heavy atom. The Hall–Kier alpha value is -1.95. The van der Waals surface area contributed by atoms with Crippen LogP contribution in [0.4, 0.5) is 10.1 Å². The fourth-order valence-corrected chi connectivity index (χ4v) is 1.56. The van der Waals surface area contributed by atoms with Crippen LogP contribution in [-0.2, 0) is 9.53 Å². The van der Waals surface area contributed by atoms with E-state index in [4.69, 9.17) is 5.73 Å². The van der Waals surface area contributed by atoms with E-state index < -0.39 is 17.3 Å². The third-order valence-electron chi connectivity index (χ3n) is 2.66. The summed E-state index contributed by atoms with van der Waals surface area (Å²) in [5, 5.41) is 2.50. The van der Waals surface area contributed by atoms with Crippen LogP contribution < -0.4 is 11.1 Å². The van der Waals surface area contributed by atoms with Gasteiger partial charge in [0, 0.05) is 12.0 Å². The summed E-state index contributed by atoms with van der Waals surface area (Å²) in [6, 6.07) is 3.48. The van der Waals surface area contributed by atoms with E-state index in [1.165, 1.54) is 13.2 Å². The number of rotatable bonds is 5. The fraction of sp³-hybridized carbons (Fsp3) is 0.429. The molecule has 3 N–H and O–H groups in total. The number of halogens is 1. The van der Waals surface area contributed by atoms with Crippen LogP contribution in [0.25, 0.3) is 0 Å². The molecular weight excluding hydrogens is 263 g/mol. The maximum atomic E-state index is 13.2. The van der Waals surface area contributed by atoms with Crippen molar-refractivity contribution in [3.8, 4) is 0 Å². The first-order chi connectivity index (χ1) is 9.23. The molecule has 0 spiro atoms. The molecule has 0 atom stereocenters. The Morgan fingerprint density at radius 3 is 2.60 bits per heavy atom. The summed E-state index contributed by atoms with van der Waals surface area (Å²) in [5.41, 5.74) is 5.52. The summed E-state index contributed by atoms with van der Waals surface area (Å²) in [5.74, 6) is -1.52. The highest BCUT2D eigenvalue weighted by atomic mass is 19.1. The van der Waals surface area contributed by atoms with Crippen LogP contribution >= 0.6 is 0 Å². The number of anilines is 1. The van der Waals surface area contributed by atoms with Gasteiger partial charge in [-0.05, 0) is 38.5 Å². The molecule has 0 aliphatic carbocycles. The van der Waals surface area contributed by atoms with Gasteiger partial charge in [-0.15, -0.1) is 0 Å². The van der Waals surface area contributed by atoms with Crippen LogP contribution in [0.15, 0.2) is 18.2 Å². The van der Waals surface area contributed by atoms with Crippen molar-refractivity contribution in [1.29, 1.82) is 0 Å². The molecule has 0 fully saturated rings. The van der Waals surface area contributed by atoms with Gasteiger partial charge in [-0.25, -0.2) is 9.18 Å². The van der Waals surface area contributed by atoms with Gasteiger partial charge in [-0.3, -0.25) is 4.79 Å². The maximum absolute atomic E-state index is 13.2. The van der Waals surface area contributed by atoms with Gasteiger partial charge in [0.15, 0.2) is 0 Å². The molecule has 0 saturated heterocycles. The van der Waals surface area contributed by atoms with Crippen LogP contribution in [-0.4, -0.2) is 24.5 Å². The Bertz CT molecular complexity index is 510. The molecule has 110 valence electrons. The molecule has 0 aliphatic rings. The minimum Gasteiger partial charge on any atom is -0.465 e. The minimum absolute atomic E-state index is 0.0941. The molecule has 0 radical (unpaired) electrons. The summed E-state index contributed by atoms with van der Waals surface area (Å²) in [6.45, 7) is 3.62. The fourth-order valence-electron chi connectivity index (χ4n) is 1.56. The average molecular weight is 282 g/mol. The van der Waals surface area contributed by atoms with Crippen molar-refractivity contribution in [2.75, 3.05) is 12.4 Å². The van der Waals surface area contributed by atoms with E-state index in [1.807, 2.05) is 13.8 Å². The maximum Gasteiger partial charge on any atom is 0.339 e. The van der Waals surface area contributed by atoms with Crippen molar-refractivity contribution in [2.24, 2.45) is 5.73 Å². The normalized spacial score (nSPS) is 11.1. The van der Waals surface area contributed by atoms with Crippen molar-refractivity contribution >= 4 is 17.6 Å². The quantitative estimate of drug-likeness (QED) is 0.810. The first-order valence-electron chi connectivity index (χ1n) is 6.19. The molecule has 0 heterocycles. The van der Waals surface area contributed by atoms with Crippen LogP contribution in [0, 0.1) is 5.82 Å². The SMILES string of the molecule is COC(=O)c1ccc(F)cc1NC(=O)CCC(C)(C)N. The average Bonchev–Trinajstić information content (AvgIpc) is 2.35. The van der Waals surface area contributed by atoms with E-state index >= 15 is 0 Å². The molecule has 6 heteroatoms. The lowest BCUT2D eigenvalue weighted by Crippen LogP contribution is -2.33. The second kappa shape index (κ2) is 6.47. The Morgan fingerprint density at radius 1 is 1.40 bits per heavy atom. The van der Waals surface area contributed by atoms with E-state index in [9.17, 15) is 14.0 Å². The molecule has 1 amide bonds. The van der Waals surface area contributed by atoms with Crippen molar-refractivity contribution in [3.05, 3.63) is 29.6 Å². The zero-order valence-corrected chi connectivity index (χ0v) is 11.8. The lowest BCUT2D eigenvalue weighted by atomic mass is 10.00. The first kappa shape index (κ1) is 16.1. The smallest absolute Gasteiger partial charge is 0.339 e. The number of methoxy groups -OCH3 is 1. The van der Waals surface area contributed by atoms with Gasteiger partial charge in [0.05, 0.1) is 18.4 Å². The topological polar surface area (TPSA) is 81.4 Å².